The smallest absolute Gasteiger partial charge is 0.254 e. The molecule has 0 bridgehead atoms. The summed E-state index contributed by atoms with van der Waals surface area (Å²) in [5.74, 6) is 0.553. The van der Waals surface area contributed by atoms with Gasteiger partial charge in [-0.2, -0.15) is 0 Å². The SMILES string of the molecule is CN(C)c1cccc(C(=O)N2CCCC(Oc3cnccn3)C2)c1. The van der Waals surface area contributed by atoms with Gasteiger partial charge in [0.15, 0.2) is 0 Å². The van der Waals surface area contributed by atoms with Gasteiger partial charge in [-0.3, -0.25) is 9.78 Å². The number of carbonyl (C=O) groups is 1. The van der Waals surface area contributed by atoms with Gasteiger partial charge in [0.1, 0.15) is 6.10 Å². The molecule has 1 aliphatic rings. The Balaban J connectivity index is 1.68. The molecular weight excluding hydrogens is 304 g/mol. The van der Waals surface area contributed by atoms with Crippen LogP contribution >= 0.6 is 0 Å². The number of benzene rings is 1. The van der Waals surface area contributed by atoms with Crippen molar-refractivity contribution in [1.29, 1.82) is 0 Å². The lowest BCUT2D eigenvalue weighted by molar-refractivity contribution is 0.0527. The van der Waals surface area contributed by atoms with Crippen molar-refractivity contribution in [3.8, 4) is 5.88 Å². The number of hydrogen-bond donors (Lipinski definition) is 0. The number of nitrogens with zero attached hydrogens (tertiary/aromatic N) is 4. The molecule has 126 valence electrons. The van der Waals surface area contributed by atoms with Crippen molar-refractivity contribution in [2.45, 2.75) is 18.9 Å². The summed E-state index contributed by atoms with van der Waals surface area (Å²) < 4.78 is 5.86. The Hall–Kier alpha value is -2.63. The Morgan fingerprint density at radius 3 is 2.96 bits per heavy atom. The summed E-state index contributed by atoms with van der Waals surface area (Å²) in [4.78, 5) is 24.8. The van der Waals surface area contributed by atoms with Crippen LogP contribution in [0.1, 0.15) is 23.2 Å². The van der Waals surface area contributed by atoms with E-state index in [1.807, 2.05) is 48.2 Å². The zero-order valence-electron chi connectivity index (χ0n) is 14.1. The third-order valence-corrected chi connectivity index (χ3v) is 4.10. The summed E-state index contributed by atoms with van der Waals surface area (Å²) in [6.07, 6.45) is 6.61. The fourth-order valence-corrected chi connectivity index (χ4v) is 2.84. The molecule has 1 aromatic carbocycles. The molecule has 2 aromatic rings. The van der Waals surface area contributed by atoms with Crippen molar-refractivity contribution >= 4 is 11.6 Å². The molecule has 0 radical (unpaired) electrons. The lowest BCUT2D eigenvalue weighted by atomic mass is 10.1. The highest BCUT2D eigenvalue weighted by atomic mass is 16.5. The molecule has 1 amide bonds. The van der Waals surface area contributed by atoms with Crippen molar-refractivity contribution in [2.24, 2.45) is 0 Å². The number of anilines is 1. The molecular formula is C18H22N4O2. The van der Waals surface area contributed by atoms with Gasteiger partial charge >= 0.3 is 0 Å². The van der Waals surface area contributed by atoms with Crippen molar-refractivity contribution in [2.75, 3.05) is 32.1 Å². The van der Waals surface area contributed by atoms with Gasteiger partial charge in [0.05, 0.1) is 12.7 Å². The maximum absolute atomic E-state index is 12.8. The summed E-state index contributed by atoms with van der Waals surface area (Å²) in [5.41, 5.74) is 1.73. The Bertz CT molecular complexity index is 690. The highest BCUT2D eigenvalue weighted by Gasteiger charge is 2.26. The van der Waals surface area contributed by atoms with E-state index in [2.05, 4.69) is 9.97 Å². The van der Waals surface area contributed by atoms with Gasteiger partial charge < -0.3 is 14.5 Å². The van der Waals surface area contributed by atoms with E-state index in [-0.39, 0.29) is 12.0 Å². The van der Waals surface area contributed by atoms with Crippen molar-refractivity contribution in [1.82, 2.24) is 14.9 Å². The van der Waals surface area contributed by atoms with Gasteiger partial charge in [0, 0.05) is 44.3 Å². The average molecular weight is 326 g/mol. The molecule has 6 nitrogen and oxygen atoms in total. The van der Waals surface area contributed by atoms with E-state index >= 15 is 0 Å². The minimum atomic E-state index is -0.0450. The number of ether oxygens (including phenoxy) is 1. The molecule has 1 saturated heterocycles. The van der Waals surface area contributed by atoms with Crippen LogP contribution in [0, 0.1) is 0 Å². The van der Waals surface area contributed by atoms with E-state index in [0.717, 1.165) is 25.1 Å². The van der Waals surface area contributed by atoms with Gasteiger partial charge in [0.2, 0.25) is 5.88 Å². The summed E-state index contributed by atoms with van der Waals surface area (Å²) in [6.45, 7) is 1.33. The lowest BCUT2D eigenvalue weighted by Crippen LogP contribution is -2.44. The quantitative estimate of drug-likeness (QED) is 0.862. The first kappa shape index (κ1) is 16.2. The van der Waals surface area contributed by atoms with Crippen LogP contribution < -0.4 is 9.64 Å². The number of hydrogen-bond acceptors (Lipinski definition) is 5. The molecule has 6 heteroatoms. The van der Waals surface area contributed by atoms with Crippen LogP contribution in [0.25, 0.3) is 0 Å². The van der Waals surface area contributed by atoms with E-state index in [9.17, 15) is 4.79 Å². The van der Waals surface area contributed by atoms with Crippen molar-refractivity contribution < 1.29 is 9.53 Å². The third kappa shape index (κ3) is 3.82. The molecule has 1 aliphatic heterocycles. The van der Waals surface area contributed by atoms with Crippen LogP contribution in [-0.4, -0.2) is 54.1 Å². The van der Waals surface area contributed by atoms with E-state index < -0.39 is 0 Å². The van der Waals surface area contributed by atoms with Gasteiger partial charge in [-0.15, -0.1) is 0 Å². The molecule has 24 heavy (non-hydrogen) atoms. The Kier molecular flexibility index (Phi) is 4.93. The normalized spacial score (nSPS) is 17.4. The number of amides is 1. The fourth-order valence-electron chi connectivity index (χ4n) is 2.84. The molecule has 1 unspecified atom stereocenters. The predicted molar refractivity (Wildman–Crippen MR) is 92.4 cm³/mol. The molecule has 0 saturated carbocycles. The van der Waals surface area contributed by atoms with Crippen LogP contribution in [-0.2, 0) is 0 Å². The van der Waals surface area contributed by atoms with Gasteiger partial charge in [-0.25, -0.2) is 4.98 Å². The maximum atomic E-state index is 12.8. The van der Waals surface area contributed by atoms with E-state index in [1.54, 1.807) is 18.6 Å². The largest absolute Gasteiger partial charge is 0.471 e. The van der Waals surface area contributed by atoms with Crippen molar-refractivity contribution in [3.05, 3.63) is 48.4 Å². The minimum absolute atomic E-state index is 0.0450. The van der Waals surface area contributed by atoms with Gasteiger partial charge in [0.25, 0.3) is 5.91 Å². The van der Waals surface area contributed by atoms with Crippen molar-refractivity contribution in [3.63, 3.8) is 0 Å². The monoisotopic (exact) mass is 326 g/mol. The van der Waals surface area contributed by atoms with Crippen LogP contribution in [0.3, 0.4) is 0 Å². The predicted octanol–water partition coefficient (Wildman–Crippen LogP) is 2.23. The van der Waals surface area contributed by atoms with E-state index in [0.29, 0.717) is 18.0 Å². The first-order valence-corrected chi connectivity index (χ1v) is 8.13. The van der Waals surface area contributed by atoms with Gasteiger partial charge in [-0.05, 0) is 31.0 Å². The van der Waals surface area contributed by atoms with Crippen LogP contribution in [0.15, 0.2) is 42.9 Å². The first-order chi connectivity index (χ1) is 11.6. The van der Waals surface area contributed by atoms with E-state index in [1.165, 1.54) is 0 Å². The Morgan fingerprint density at radius 2 is 2.21 bits per heavy atom. The minimum Gasteiger partial charge on any atom is -0.471 e. The second-order valence-corrected chi connectivity index (χ2v) is 6.12. The lowest BCUT2D eigenvalue weighted by Gasteiger charge is -2.32. The van der Waals surface area contributed by atoms with Crippen LogP contribution in [0.4, 0.5) is 5.69 Å². The summed E-state index contributed by atoms with van der Waals surface area (Å²) in [6, 6.07) is 7.70. The Labute approximate surface area is 142 Å². The number of piperidine rings is 1. The fraction of sp³-hybridized carbons (Fsp3) is 0.389. The molecule has 0 N–H and O–H groups in total. The van der Waals surface area contributed by atoms with Crippen LogP contribution in [0.5, 0.6) is 5.88 Å². The summed E-state index contributed by atoms with van der Waals surface area (Å²) in [5, 5.41) is 0. The number of aromatic nitrogens is 2. The second-order valence-electron chi connectivity index (χ2n) is 6.12. The molecule has 1 fully saturated rings. The molecule has 1 atom stereocenters. The molecule has 3 rings (SSSR count). The molecule has 0 aliphatic carbocycles. The first-order valence-electron chi connectivity index (χ1n) is 8.13. The average Bonchev–Trinajstić information content (AvgIpc) is 2.62. The van der Waals surface area contributed by atoms with E-state index in [4.69, 9.17) is 4.74 Å². The van der Waals surface area contributed by atoms with Crippen LogP contribution in [0.2, 0.25) is 0 Å². The molecule has 1 aromatic heterocycles. The topological polar surface area (TPSA) is 58.6 Å². The highest BCUT2D eigenvalue weighted by Crippen LogP contribution is 2.20. The number of rotatable bonds is 4. The van der Waals surface area contributed by atoms with Gasteiger partial charge in [-0.1, -0.05) is 6.07 Å². The maximum Gasteiger partial charge on any atom is 0.254 e. The second kappa shape index (κ2) is 7.29. The number of carbonyl (C=O) groups excluding carboxylic acids is 1. The Morgan fingerprint density at radius 1 is 1.33 bits per heavy atom. The number of likely N-dealkylation sites (tertiary alicyclic amines) is 1. The molecule has 0 spiro atoms. The summed E-state index contributed by atoms with van der Waals surface area (Å²) in [7, 11) is 3.94. The third-order valence-electron chi connectivity index (χ3n) is 4.10. The zero-order valence-corrected chi connectivity index (χ0v) is 14.1. The standard InChI is InChI=1S/C18H22N4O2/c1-21(2)15-6-3-5-14(11-15)18(23)22-10-4-7-16(13-22)24-17-12-19-8-9-20-17/h3,5-6,8-9,11-12,16H,4,7,10,13H2,1-2H3. The highest BCUT2D eigenvalue weighted by molar-refractivity contribution is 5.95. The zero-order chi connectivity index (χ0) is 16.9. The summed E-state index contributed by atoms with van der Waals surface area (Å²) >= 11 is 0. The molecule has 2 heterocycles.